The number of hydrogen-bond acceptors (Lipinski definition) is 6. The topological polar surface area (TPSA) is 80.7 Å². The molecule has 174 valence electrons. The smallest absolute Gasteiger partial charge is 0.416 e. The van der Waals surface area contributed by atoms with Gasteiger partial charge in [-0.3, -0.25) is 0 Å². The van der Waals surface area contributed by atoms with Crippen molar-refractivity contribution in [3.8, 4) is 11.5 Å². The number of alkyl halides is 3. The molecule has 0 aliphatic rings. The van der Waals surface area contributed by atoms with Crippen molar-refractivity contribution in [2.24, 2.45) is 0 Å². The summed E-state index contributed by atoms with van der Waals surface area (Å²) in [4.78, 5) is 16.4. The number of nitrogens with one attached hydrogen (secondary N) is 1. The molecule has 0 amide bonds. The highest BCUT2D eigenvalue weighted by atomic mass is 32.1. The van der Waals surface area contributed by atoms with Crippen molar-refractivity contribution < 1.29 is 36.9 Å². The van der Waals surface area contributed by atoms with Crippen LogP contribution in [0, 0.1) is 5.82 Å². The fraction of sp³-hybridized carbons (Fsp3) is 0.381. The third-order valence-corrected chi connectivity index (χ3v) is 5.15. The summed E-state index contributed by atoms with van der Waals surface area (Å²) in [5, 5.41) is 12.8. The van der Waals surface area contributed by atoms with Gasteiger partial charge in [0, 0.05) is 18.2 Å². The minimum absolute atomic E-state index is 0.0125. The van der Waals surface area contributed by atoms with Crippen LogP contribution in [0.5, 0.6) is 11.5 Å². The number of hydrogen-bond donors (Lipinski definition) is 2. The maximum atomic E-state index is 13.4. The maximum Gasteiger partial charge on any atom is 0.416 e. The Labute approximate surface area is 187 Å². The molecule has 2 rings (SSSR count). The summed E-state index contributed by atoms with van der Waals surface area (Å²) < 4.78 is 63.5. The molecular weight excluding hydrogens is 452 g/mol. The van der Waals surface area contributed by atoms with E-state index < -0.39 is 41.6 Å². The molecule has 0 fully saturated rings. The predicted molar refractivity (Wildman–Crippen MR) is 112 cm³/mol. The van der Waals surface area contributed by atoms with Crippen LogP contribution in [0.15, 0.2) is 30.5 Å². The van der Waals surface area contributed by atoms with Gasteiger partial charge in [-0.05, 0) is 31.5 Å². The number of aromatic hydroxyl groups is 1. The van der Waals surface area contributed by atoms with Crippen LogP contribution in [0.3, 0.4) is 0 Å². The highest BCUT2D eigenvalue weighted by Crippen LogP contribution is 2.37. The van der Waals surface area contributed by atoms with Gasteiger partial charge in [0.05, 0.1) is 12.7 Å². The number of esters is 1. The molecule has 6 nitrogen and oxygen atoms in total. The third-order valence-electron chi connectivity index (χ3n) is 4.84. The number of rotatable bonds is 7. The molecule has 32 heavy (non-hydrogen) atoms. The van der Waals surface area contributed by atoms with Crippen molar-refractivity contribution in [3.63, 3.8) is 0 Å². The first kappa shape index (κ1) is 25.3. The zero-order chi connectivity index (χ0) is 24.2. The minimum atomic E-state index is -4.76. The first-order valence-corrected chi connectivity index (χ1v) is 9.87. The van der Waals surface area contributed by atoms with Crippen molar-refractivity contribution >= 4 is 23.2 Å². The summed E-state index contributed by atoms with van der Waals surface area (Å²) in [6.45, 7) is 4.32. The second-order valence-electron chi connectivity index (χ2n) is 7.07. The largest absolute Gasteiger partial charge is 0.503 e. The lowest BCUT2D eigenvalue weighted by molar-refractivity contribution is -0.151. The molecule has 3 atom stereocenters. The Morgan fingerprint density at radius 1 is 1.22 bits per heavy atom. The van der Waals surface area contributed by atoms with E-state index in [9.17, 15) is 27.5 Å². The van der Waals surface area contributed by atoms with Crippen LogP contribution in [0.1, 0.15) is 43.5 Å². The average Bonchev–Trinajstić information content (AvgIpc) is 2.72. The van der Waals surface area contributed by atoms with Gasteiger partial charge in [0.25, 0.3) is 0 Å². The highest BCUT2D eigenvalue weighted by molar-refractivity contribution is 7.80. The Hall–Kier alpha value is -2.95. The van der Waals surface area contributed by atoms with Gasteiger partial charge in [-0.25, -0.2) is 14.2 Å². The van der Waals surface area contributed by atoms with Crippen LogP contribution in [-0.4, -0.2) is 40.3 Å². The number of aromatic nitrogens is 1. The lowest BCUT2D eigenvalue weighted by Gasteiger charge is -2.25. The van der Waals surface area contributed by atoms with Gasteiger partial charge in [0.2, 0.25) is 0 Å². The summed E-state index contributed by atoms with van der Waals surface area (Å²) in [7, 11) is 1.35. The Bertz CT molecular complexity index is 1000. The van der Waals surface area contributed by atoms with E-state index >= 15 is 0 Å². The molecule has 1 heterocycles. The van der Waals surface area contributed by atoms with E-state index in [2.05, 4.69) is 10.3 Å². The number of nitrogens with zero attached hydrogens (tertiary/aromatic N) is 1. The number of methoxy groups -OCH3 is 1. The van der Waals surface area contributed by atoms with E-state index in [4.69, 9.17) is 21.7 Å². The summed E-state index contributed by atoms with van der Waals surface area (Å²) in [6.07, 6.45) is -4.37. The van der Waals surface area contributed by atoms with Crippen LogP contribution >= 0.6 is 12.2 Å². The third kappa shape index (κ3) is 5.84. The van der Waals surface area contributed by atoms with Gasteiger partial charge < -0.3 is 19.9 Å². The monoisotopic (exact) mass is 474 g/mol. The fourth-order valence-corrected chi connectivity index (χ4v) is 3.23. The average molecular weight is 474 g/mol. The SMILES string of the molecule is COc1ccnc(C(=S)N[C@@H](C)C(=O)O[C@@H](C)[C@@H](C)c2ccc(F)cc2C(F)(F)F)c1O. The molecule has 0 saturated carbocycles. The molecule has 2 N–H and O–H groups in total. The number of carbonyl (C=O) groups excluding carboxylic acids is 1. The van der Waals surface area contributed by atoms with Gasteiger partial charge in [-0.1, -0.05) is 25.2 Å². The van der Waals surface area contributed by atoms with E-state index in [1.165, 1.54) is 40.1 Å². The van der Waals surface area contributed by atoms with Gasteiger partial charge in [-0.2, -0.15) is 13.2 Å². The number of ether oxygens (including phenoxy) is 2. The lowest BCUT2D eigenvalue weighted by Crippen LogP contribution is -2.41. The summed E-state index contributed by atoms with van der Waals surface area (Å²) in [6, 6.07) is 2.79. The minimum Gasteiger partial charge on any atom is -0.503 e. The van der Waals surface area contributed by atoms with Crippen LogP contribution < -0.4 is 10.1 Å². The predicted octanol–water partition coefficient (Wildman–Crippen LogP) is 4.34. The zero-order valence-electron chi connectivity index (χ0n) is 17.7. The van der Waals surface area contributed by atoms with Crippen molar-refractivity contribution in [2.45, 2.75) is 45.0 Å². The number of benzene rings is 1. The molecule has 0 bridgehead atoms. The zero-order valence-corrected chi connectivity index (χ0v) is 18.5. The molecule has 0 unspecified atom stereocenters. The molecule has 0 saturated heterocycles. The van der Waals surface area contributed by atoms with Gasteiger partial charge in [-0.15, -0.1) is 0 Å². The molecule has 0 aliphatic carbocycles. The molecule has 1 aromatic carbocycles. The molecular formula is C21H22F4N2O4S. The number of carbonyl (C=O) groups is 1. The lowest BCUT2D eigenvalue weighted by atomic mass is 9.91. The fourth-order valence-electron chi connectivity index (χ4n) is 2.90. The molecule has 0 aliphatic heterocycles. The van der Waals surface area contributed by atoms with Crippen molar-refractivity contribution in [1.29, 1.82) is 0 Å². The van der Waals surface area contributed by atoms with E-state index in [0.717, 1.165) is 12.1 Å². The normalized spacial score (nSPS) is 14.2. The summed E-state index contributed by atoms with van der Waals surface area (Å²) >= 11 is 5.17. The Kier molecular flexibility index (Phi) is 8.00. The van der Waals surface area contributed by atoms with Gasteiger partial charge in [0.1, 0.15) is 28.6 Å². The molecule has 0 radical (unpaired) electrons. The standard InChI is InChI=1S/C21H22F4N2O4S/c1-10(14-6-5-13(22)9-15(14)21(23,24)25)12(3)31-20(29)11(2)27-19(32)17-18(28)16(30-4)7-8-26-17/h5-12,28H,1-4H3,(H,27,32)/t10-,11+,12+/m1/s1. The highest BCUT2D eigenvalue weighted by Gasteiger charge is 2.36. The Morgan fingerprint density at radius 3 is 2.47 bits per heavy atom. The van der Waals surface area contributed by atoms with Crippen LogP contribution in [0.2, 0.25) is 0 Å². The number of halogens is 4. The van der Waals surface area contributed by atoms with E-state index in [1.807, 2.05) is 0 Å². The number of thiocarbonyl (C=S) groups is 1. The van der Waals surface area contributed by atoms with E-state index in [-0.39, 0.29) is 27.7 Å². The molecule has 0 spiro atoms. The molecule has 1 aromatic heterocycles. The second kappa shape index (κ2) is 10.1. The van der Waals surface area contributed by atoms with E-state index in [0.29, 0.717) is 6.07 Å². The maximum absolute atomic E-state index is 13.4. The first-order chi connectivity index (χ1) is 14.9. The quantitative estimate of drug-likeness (QED) is 0.351. The van der Waals surface area contributed by atoms with Crippen molar-refractivity contribution in [2.75, 3.05) is 7.11 Å². The van der Waals surface area contributed by atoms with Crippen LogP contribution in [0.4, 0.5) is 17.6 Å². The second-order valence-corrected chi connectivity index (χ2v) is 7.47. The summed E-state index contributed by atoms with van der Waals surface area (Å²) in [5.41, 5.74) is -1.33. The Morgan fingerprint density at radius 2 is 1.88 bits per heavy atom. The van der Waals surface area contributed by atoms with E-state index in [1.54, 1.807) is 0 Å². The first-order valence-electron chi connectivity index (χ1n) is 9.46. The van der Waals surface area contributed by atoms with Crippen molar-refractivity contribution in [1.82, 2.24) is 10.3 Å². The van der Waals surface area contributed by atoms with Crippen molar-refractivity contribution in [3.05, 3.63) is 53.1 Å². The molecule has 2 aromatic rings. The number of pyridine rings is 1. The van der Waals surface area contributed by atoms with Crippen LogP contribution in [-0.2, 0) is 15.7 Å². The van der Waals surface area contributed by atoms with Gasteiger partial charge >= 0.3 is 12.1 Å². The molecule has 11 heteroatoms. The Balaban J connectivity index is 2.10. The summed E-state index contributed by atoms with van der Waals surface area (Å²) in [5.74, 6) is -2.86. The van der Waals surface area contributed by atoms with Gasteiger partial charge in [0.15, 0.2) is 11.5 Å². The van der Waals surface area contributed by atoms with Crippen LogP contribution in [0.25, 0.3) is 0 Å².